The van der Waals surface area contributed by atoms with Crippen LogP contribution in [0.2, 0.25) is 0 Å². The molecule has 8 heteroatoms. The van der Waals surface area contributed by atoms with Gasteiger partial charge in [0, 0.05) is 6.54 Å². The smallest absolute Gasteiger partial charge is 0.387 e. The van der Waals surface area contributed by atoms with Crippen LogP contribution in [0.4, 0.5) is 8.78 Å². The van der Waals surface area contributed by atoms with E-state index >= 15 is 0 Å². The summed E-state index contributed by atoms with van der Waals surface area (Å²) in [6, 6.07) is 5.13. The number of nitrogens with one attached hydrogen (secondary N) is 2. The number of alkyl halides is 2. The molecule has 1 rings (SSSR count). The summed E-state index contributed by atoms with van der Waals surface area (Å²) in [5.74, 6) is -1.30. The van der Waals surface area contributed by atoms with E-state index in [1.807, 2.05) is 6.92 Å². The number of carbonyl (C=O) groups excluding carboxylic acids is 1. The Balaban J connectivity index is 2.36. The third-order valence-electron chi connectivity index (χ3n) is 3.02. The highest BCUT2D eigenvalue weighted by Crippen LogP contribution is 2.14. The predicted molar refractivity (Wildman–Crippen MR) is 79.3 cm³/mol. The molecule has 1 aromatic carbocycles. The van der Waals surface area contributed by atoms with Crippen molar-refractivity contribution in [2.24, 2.45) is 0 Å². The summed E-state index contributed by atoms with van der Waals surface area (Å²) < 4.78 is 28.2. The van der Waals surface area contributed by atoms with Gasteiger partial charge in [-0.15, -0.1) is 0 Å². The maximum absolute atomic E-state index is 12.0. The van der Waals surface area contributed by atoms with Crippen LogP contribution in [0, 0.1) is 0 Å². The quantitative estimate of drug-likeness (QED) is 0.608. The Morgan fingerprint density at radius 2 is 1.91 bits per heavy atom. The lowest BCUT2D eigenvalue weighted by atomic mass is 10.1. The highest BCUT2D eigenvalue weighted by Gasteiger charge is 2.16. The van der Waals surface area contributed by atoms with Crippen LogP contribution in [0.1, 0.15) is 25.3 Å². The Morgan fingerprint density at radius 3 is 2.43 bits per heavy atom. The van der Waals surface area contributed by atoms with Crippen LogP contribution in [0.5, 0.6) is 5.75 Å². The number of carboxylic acids is 1. The Morgan fingerprint density at radius 1 is 1.26 bits per heavy atom. The van der Waals surface area contributed by atoms with Crippen molar-refractivity contribution in [2.45, 2.75) is 39.0 Å². The zero-order valence-electron chi connectivity index (χ0n) is 12.7. The molecule has 0 saturated carbocycles. The van der Waals surface area contributed by atoms with Crippen molar-refractivity contribution in [3.63, 3.8) is 0 Å². The molecule has 0 aliphatic rings. The monoisotopic (exact) mass is 330 g/mol. The lowest BCUT2D eigenvalue weighted by Crippen LogP contribution is -2.42. The molecular formula is C15H20F2N2O4. The summed E-state index contributed by atoms with van der Waals surface area (Å²) in [6.07, 6.45) is 1.13. The summed E-state index contributed by atoms with van der Waals surface area (Å²) in [6.45, 7) is -0.916. The SMILES string of the molecule is CCCC(NCC(=O)NCc1ccc(OC(F)F)cc1)C(=O)O. The second-order valence-electron chi connectivity index (χ2n) is 4.86. The molecule has 0 spiro atoms. The van der Waals surface area contributed by atoms with Gasteiger partial charge in [0.1, 0.15) is 11.8 Å². The topological polar surface area (TPSA) is 87.7 Å². The van der Waals surface area contributed by atoms with E-state index in [0.29, 0.717) is 18.4 Å². The molecule has 1 amide bonds. The number of carboxylic acid groups (broad SMARTS) is 1. The lowest BCUT2D eigenvalue weighted by molar-refractivity contribution is -0.139. The predicted octanol–water partition coefficient (Wildman–Crippen LogP) is 1.75. The number of rotatable bonds is 10. The zero-order valence-corrected chi connectivity index (χ0v) is 12.7. The third kappa shape index (κ3) is 7.55. The van der Waals surface area contributed by atoms with Crippen molar-refractivity contribution in [2.75, 3.05) is 6.54 Å². The van der Waals surface area contributed by atoms with Gasteiger partial charge in [-0.3, -0.25) is 14.9 Å². The van der Waals surface area contributed by atoms with Gasteiger partial charge in [-0.25, -0.2) is 0 Å². The first kappa shape index (κ1) is 18.8. The fourth-order valence-corrected chi connectivity index (χ4v) is 1.87. The summed E-state index contributed by atoms with van der Waals surface area (Å²) >= 11 is 0. The number of halogens is 2. The molecule has 0 aromatic heterocycles. The number of hydrogen-bond acceptors (Lipinski definition) is 4. The van der Waals surface area contributed by atoms with E-state index in [0.717, 1.165) is 0 Å². The van der Waals surface area contributed by atoms with Crippen molar-refractivity contribution in [1.29, 1.82) is 0 Å². The minimum atomic E-state index is -2.88. The van der Waals surface area contributed by atoms with Gasteiger partial charge in [0.15, 0.2) is 0 Å². The molecule has 0 fully saturated rings. The van der Waals surface area contributed by atoms with Gasteiger partial charge in [0.2, 0.25) is 5.91 Å². The van der Waals surface area contributed by atoms with Crippen molar-refractivity contribution >= 4 is 11.9 Å². The number of carbonyl (C=O) groups is 2. The Kier molecular flexibility index (Phi) is 7.96. The zero-order chi connectivity index (χ0) is 17.2. The van der Waals surface area contributed by atoms with Gasteiger partial charge in [0.05, 0.1) is 6.54 Å². The van der Waals surface area contributed by atoms with Gasteiger partial charge < -0.3 is 15.2 Å². The summed E-state index contributed by atoms with van der Waals surface area (Å²) in [7, 11) is 0. The number of hydrogen-bond donors (Lipinski definition) is 3. The minimum absolute atomic E-state index is 0.0422. The summed E-state index contributed by atoms with van der Waals surface area (Å²) in [5.41, 5.74) is 0.711. The molecule has 23 heavy (non-hydrogen) atoms. The van der Waals surface area contributed by atoms with Gasteiger partial charge in [-0.05, 0) is 24.1 Å². The normalized spacial score (nSPS) is 12.0. The van der Waals surface area contributed by atoms with Gasteiger partial charge >= 0.3 is 12.6 Å². The highest BCUT2D eigenvalue weighted by molar-refractivity contribution is 5.79. The van der Waals surface area contributed by atoms with E-state index in [1.54, 1.807) is 12.1 Å². The summed E-state index contributed by atoms with van der Waals surface area (Å²) in [5, 5.41) is 14.2. The van der Waals surface area contributed by atoms with Crippen LogP contribution in [0.3, 0.4) is 0 Å². The van der Waals surface area contributed by atoms with Gasteiger partial charge in [-0.2, -0.15) is 8.78 Å². The molecule has 1 aromatic rings. The van der Waals surface area contributed by atoms with Crippen LogP contribution in [0.25, 0.3) is 0 Å². The van der Waals surface area contributed by atoms with Gasteiger partial charge in [-0.1, -0.05) is 25.5 Å². The van der Waals surface area contributed by atoms with Crippen molar-refractivity contribution in [3.8, 4) is 5.75 Å². The first-order valence-electron chi connectivity index (χ1n) is 7.19. The van der Waals surface area contributed by atoms with Crippen molar-refractivity contribution in [1.82, 2.24) is 10.6 Å². The van der Waals surface area contributed by atoms with Crippen molar-refractivity contribution in [3.05, 3.63) is 29.8 Å². The fraction of sp³-hybridized carbons (Fsp3) is 0.467. The number of amides is 1. The molecule has 0 aliphatic heterocycles. The Bertz CT molecular complexity index is 509. The third-order valence-corrected chi connectivity index (χ3v) is 3.02. The molecule has 1 atom stereocenters. The lowest BCUT2D eigenvalue weighted by Gasteiger charge is -2.13. The number of benzene rings is 1. The van der Waals surface area contributed by atoms with Crippen LogP contribution in [0.15, 0.2) is 24.3 Å². The largest absolute Gasteiger partial charge is 0.480 e. The molecule has 6 nitrogen and oxygen atoms in total. The maximum Gasteiger partial charge on any atom is 0.387 e. The summed E-state index contributed by atoms with van der Waals surface area (Å²) in [4.78, 5) is 22.6. The maximum atomic E-state index is 12.0. The average molecular weight is 330 g/mol. The van der Waals surface area contributed by atoms with E-state index in [2.05, 4.69) is 15.4 Å². The van der Waals surface area contributed by atoms with Crippen LogP contribution in [-0.4, -0.2) is 36.2 Å². The van der Waals surface area contributed by atoms with E-state index in [4.69, 9.17) is 5.11 Å². The molecule has 0 heterocycles. The highest BCUT2D eigenvalue weighted by atomic mass is 19.3. The van der Waals surface area contributed by atoms with Crippen LogP contribution >= 0.6 is 0 Å². The molecule has 0 radical (unpaired) electrons. The van der Waals surface area contributed by atoms with Crippen molar-refractivity contribution < 1.29 is 28.2 Å². The Labute approximate surface area is 132 Å². The van der Waals surface area contributed by atoms with E-state index < -0.39 is 18.6 Å². The van der Waals surface area contributed by atoms with E-state index in [1.165, 1.54) is 12.1 Å². The fourth-order valence-electron chi connectivity index (χ4n) is 1.87. The molecule has 0 aliphatic carbocycles. The molecule has 0 bridgehead atoms. The molecule has 1 unspecified atom stereocenters. The number of ether oxygens (including phenoxy) is 1. The average Bonchev–Trinajstić information content (AvgIpc) is 2.50. The number of aliphatic carboxylic acids is 1. The standard InChI is InChI=1S/C15H20F2N2O4/c1-2-3-12(14(21)22)18-9-13(20)19-8-10-4-6-11(7-5-10)23-15(16)17/h4-7,12,15,18H,2-3,8-9H2,1H3,(H,19,20)(H,21,22). The minimum Gasteiger partial charge on any atom is -0.480 e. The van der Waals surface area contributed by atoms with Gasteiger partial charge in [0.25, 0.3) is 0 Å². The van der Waals surface area contributed by atoms with E-state index in [-0.39, 0.29) is 24.7 Å². The Hall–Kier alpha value is -2.22. The van der Waals surface area contributed by atoms with Crippen LogP contribution < -0.4 is 15.4 Å². The first-order chi connectivity index (χ1) is 10.9. The van der Waals surface area contributed by atoms with E-state index in [9.17, 15) is 18.4 Å². The molecule has 0 saturated heterocycles. The first-order valence-corrected chi connectivity index (χ1v) is 7.19. The molecule has 128 valence electrons. The van der Waals surface area contributed by atoms with Crippen LogP contribution in [-0.2, 0) is 16.1 Å². The second-order valence-corrected chi connectivity index (χ2v) is 4.86. The molecule has 3 N–H and O–H groups in total. The second kappa shape index (κ2) is 9.73. The molecular weight excluding hydrogens is 310 g/mol.